The maximum atomic E-state index is 4.80. The van der Waals surface area contributed by atoms with Crippen molar-refractivity contribution in [1.82, 2.24) is 15.0 Å². The molecule has 0 aliphatic heterocycles. The van der Waals surface area contributed by atoms with Crippen LogP contribution in [-0.2, 0) is 20.1 Å². The van der Waals surface area contributed by atoms with E-state index in [9.17, 15) is 0 Å². The minimum Gasteiger partial charge on any atom is -0.323 e. The van der Waals surface area contributed by atoms with Crippen LogP contribution >= 0.6 is 0 Å². The van der Waals surface area contributed by atoms with Gasteiger partial charge in [0.15, 0.2) is 0 Å². The summed E-state index contributed by atoms with van der Waals surface area (Å²) >= 11 is 0. The largest absolute Gasteiger partial charge is 0.323 e. The van der Waals surface area contributed by atoms with Gasteiger partial charge in [-0.1, -0.05) is 71.1 Å². The predicted octanol–water partition coefficient (Wildman–Crippen LogP) is 7.93. The van der Waals surface area contributed by atoms with Gasteiger partial charge in [-0.15, -0.1) is 41.5 Å². The molecule has 3 heterocycles. The maximum absolute atomic E-state index is 4.80. The Morgan fingerprint density at radius 2 is 1.22 bits per heavy atom. The first-order chi connectivity index (χ1) is 17.9. The maximum Gasteiger partial charge on any atom is 0.0964 e. The summed E-state index contributed by atoms with van der Waals surface area (Å²) in [4.78, 5) is 13.5. The van der Waals surface area contributed by atoms with Crippen LogP contribution in [0.25, 0.3) is 66.2 Å². The molecule has 0 saturated heterocycles. The Labute approximate surface area is 228 Å². The normalized spacial score (nSPS) is 11.0. The van der Waals surface area contributed by atoms with Gasteiger partial charge in [-0.3, -0.25) is 9.97 Å². The van der Waals surface area contributed by atoms with Crippen molar-refractivity contribution in [3.05, 3.63) is 128 Å². The van der Waals surface area contributed by atoms with Gasteiger partial charge in [-0.25, -0.2) is 0 Å². The molecular weight excluding hydrogens is 631 g/mol. The first-order valence-electron chi connectivity index (χ1n) is 11.9. The van der Waals surface area contributed by atoms with Crippen molar-refractivity contribution in [1.29, 1.82) is 0 Å². The van der Waals surface area contributed by atoms with Crippen LogP contribution in [0.4, 0.5) is 0 Å². The minimum absolute atomic E-state index is 0. The zero-order valence-corrected chi connectivity index (χ0v) is 22.0. The second-order valence-corrected chi connectivity index (χ2v) is 8.71. The topological polar surface area (TPSA) is 38.7 Å². The van der Waals surface area contributed by atoms with Crippen molar-refractivity contribution in [2.24, 2.45) is 0 Å². The number of nitrogens with zero attached hydrogens (tertiary/aromatic N) is 3. The number of rotatable bonds is 1. The van der Waals surface area contributed by atoms with Crippen LogP contribution in [-0.4, -0.2) is 15.0 Å². The second kappa shape index (κ2) is 9.66. The monoisotopic (exact) mass is 650 g/mol. The molecule has 1 radical (unpaired) electrons. The van der Waals surface area contributed by atoms with Crippen LogP contribution < -0.4 is 0 Å². The van der Waals surface area contributed by atoms with Gasteiger partial charge in [0.25, 0.3) is 0 Å². The van der Waals surface area contributed by atoms with Gasteiger partial charge >= 0.3 is 0 Å². The van der Waals surface area contributed by atoms with Crippen LogP contribution in [0.2, 0.25) is 0 Å². The SMILES string of the molecule is [Ir].[c-]1ccccc1-c1cc2c3c(cc[c-]c3n1)-c1ccccc1-2.c1cnc2c(c1)ccc1cccnc12. The molecule has 3 aromatic heterocycles. The zero-order chi connectivity index (χ0) is 23.9. The average Bonchev–Trinajstić information content (AvgIpc) is 3.29. The van der Waals surface area contributed by atoms with E-state index in [1.807, 2.05) is 42.5 Å². The first kappa shape index (κ1) is 23.2. The molecule has 177 valence electrons. The molecule has 37 heavy (non-hydrogen) atoms. The number of aromatic nitrogens is 3. The van der Waals surface area contributed by atoms with Crippen LogP contribution in [0.5, 0.6) is 0 Å². The summed E-state index contributed by atoms with van der Waals surface area (Å²) in [6.45, 7) is 0. The van der Waals surface area contributed by atoms with E-state index in [1.165, 1.54) is 27.6 Å². The minimum atomic E-state index is 0. The third-order valence-corrected chi connectivity index (χ3v) is 6.60. The fourth-order valence-electron chi connectivity index (χ4n) is 4.97. The summed E-state index contributed by atoms with van der Waals surface area (Å²) in [5.41, 5.74) is 9.93. The van der Waals surface area contributed by atoms with Crippen molar-refractivity contribution in [2.75, 3.05) is 0 Å². The van der Waals surface area contributed by atoms with Gasteiger partial charge in [0.05, 0.1) is 11.0 Å². The van der Waals surface area contributed by atoms with Gasteiger partial charge < -0.3 is 4.98 Å². The molecule has 0 unspecified atom stereocenters. The molecule has 1 aliphatic carbocycles. The van der Waals surface area contributed by atoms with E-state index in [0.717, 1.165) is 38.6 Å². The van der Waals surface area contributed by atoms with Crippen molar-refractivity contribution < 1.29 is 20.1 Å². The molecule has 7 aromatic rings. The van der Waals surface area contributed by atoms with Crippen LogP contribution in [0.3, 0.4) is 0 Å². The summed E-state index contributed by atoms with van der Waals surface area (Å²) in [5, 5.41) is 3.49. The smallest absolute Gasteiger partial charge is 0.0964 e. The van der Waals surface area contributed by atoms with E-state index in [2.05, 4.69) is 82.8 Å². The molecule has 4 heteroatoms. The summed E-state index contributed by atoms with van der Waals surface area (Å²) in [6.07, 6.45) is 3.60. The molecule has 0 amide bonds. The molecule has 0 spiro atoms. The van der Waals surface area contributed by atoms with Gasteiger partial charge in [0, 0.05) is 43.3 Å². The Hall–Kier alpha value is -4.24. The predicted molar refractivity (Wildman–Crippen MR) is 146 cm³/mol. The van der Waals surface area contributed by atoms with Gasteiger partial charge in [0.1, 0.15) is 0 Å². The van der Waals surface area contributed by atoms with Crippen molar-refractivity contribution >= 4 is 32.7 Å². The van der Waals surface area contributed by atoms with E-state index in [-0.39, 0.29) is 20.1 Å². The Morgan fingerprint density at radius 1 is 0.541 bits per heavy atom. The standard InChI is InChI=1S/C21H11N.C12H8N2.Ir/c1-2-7-14(8-3-1)20-13-18-16-10-5-4-9-15(16)17-11-6-12-19(22-20)21(17)18;1-3-9-5-6-10-4-2-8-14-12(10)11(9)13-7-1;/h1-7,9-11,13H;1-8H;/q-2;;. The number of pyridine rings is 3. The second-order valence-electron chi connectivity index (χ2n) is 8.71. The zero-order valence-electron chi connectivity index (χ0n) is 19.6. The fraction of sp³-hybridized carbons (Fsp3) is 0. The average molecular weight is 650 g/mol. The van der Waals surface area contributed by atoms with E-state index >= 15 is 0 Å². The van der Waals surface area contributed by atoms with E-state index in [1.54, 1.807) is 12.4 Å². The van der Waals surface area contributed by atoms with Crippen molar-refractivity contribution in [2.45, 2.75) is 0 Å². The molecule has 3 nitrogen and oxygen atoms in total. The first-order valence-corrected chi connectivity index (χ1v) is 11.9. The van der Waals surface area contributed by atoms with Gasteiger partial charge in [-0.05, 0) is 29.0 Å². The number of hydrogen-bond donors (Lipinski definition) is 0. The van der Waals surface area contributed by atoms with E-state index in [4.69, 9.17) is 4.98 Å². The quantitative estimate of drug-likeness (QED) is 0.134. The number of hydrogen-bond acceptors (Lipinski definition) is 3. The van der Waals surface area contributed by atoms with Crippen LogP contribution in [0.1, 0.15) is 0 Å². The van der Waals surface area contributed by atoms with Crippen LogP contribution in [0.15, 0.2) is 116 Å². The Kier molecular flexibility index (Phi) is 6.05. The molecule has 1 aliphatic rings. The van der Waals surface area contributed by atoms with Crippen LogP contribution in [0, 0.1) is 12.1 Å². The van der Waals surface area contributed by atoms with Gasteiger partial charge in [0.2, 0.25) is 0 Å². The molecule has 0 atom stereocenters. The molecule has 0 saturated carbocycles. The Morgan fingerprint density at radius 3 is 1.89 bits per heavy atom. The molecule has 0 fully saturated rings. The Bertz CT molecular complexity index is 1840. The summed E-state index contributed by atoms with van der Waals surface area (Å²) < 4.78 is 0. The molecule has 8 rings (SSSR count). The summed E-state index contributed by atoms with van der Waals surface area (Å²) in [5.74, 6) is 0. The Balaban J connectivity index is 0.000000146. The molecular formula is C33H19IrN3-2. The summed E-state index contributed by atoms with van der Waals surface area (Å²) in [7, 11) is 0. The van der Waals surface area contributed by atoms with Crippen molar-refractivity contribution in [3.8, 4) is 33.5 Å². The number of benzene rings is 4. The molecule has 4 aromatic carbocycles. The van der Waals surface area contributed by atoms with Crippen molar-refractivity contribution in [3.63, 3.8) is 0 Å². The van der Waals surface area contributed by atoms with Gasteiger partial charge in [-0.2, -0.15) is 18.2 Å². The fourth-order valence-corrected chi connectivity index (χ4v) is 4.97. The third kappa shape index (κ3) is 4.01. The molecule has 0 bridgehead atoms. The number of fused-ring (bicyclic) bond motifs is 6. The van der Waals surface area contributed by atoms with E-state index in [0.29, 0.717) is 0 Å². The summed E-state index contributed by atoms with van der Waals surface area (Å²) in [6, 6.07) is 41.5. The van der Waals surface area contributed by atoms with E-state index < -0.39 is 0 Å². The molecule has 0 N–H and O–H groups in total. The third-order valence-electron chi connectivity index (χ3n) is 6.60.